The van der Waals surface area contributed by atoms with Crippen LogP contribution in [-0.4, -0.2) is 7.11 Å². The quantitative estimate of drug-likeness (QED) is 0.749. The monoisotopic (exact) mass is 232 g/mol. The normalized spacial score (nSPS) is 10.2. The van der Waals surface area contributed by atoms with E-state index in [0.29, 0.717) is 0 Å². The molecule has 0 fully saturated rings. The second kappa shape index (κ2) is 4.58. The molecular formula is C14H13ClO. The van der Waals surface area contributed by atoms with Crippen LogP contribution in [0.4, 0.5) is 0 Å². The molecule has 0 radical (unpaired) electrons. The third kappa shape index (κ3) is 2.20. The summed E-state index contributed by atoms with van der Waals surface area (Å²) in [5, 5.41) is 0.803. The van der Waals surface area contributed by atoms with Gasteiger partial charge in [-0.05, 0) is 47.9 Å². The maximum absolute atomic E-state index is 6.00. The molecule has 0 bridgehead atoms. The Bertz CT molecular complexity index is 489. The lowest BCUT2D eigenvalue weighted by atomic mass is 10.0. The summed E-state index contributed by atoms with van der Waals surface area (Å²) in [4.78, 5) is 0. The van der Waals surface area contributed by atoms with Gasteiger partial charge in [-0.15, -0.1) is 0 Å². The molecule has 0 N–H and O–H groups in total. The van der Waals surface area contributed by atoms with Gasteiger partial charge in [0.15, 0.2) is 0 Å². The minimum atomic E-state index is 0.803. The molecule has 0 aliphatic heterocycles. The Morgan fingerprint density at radius 1 is 0.938 bits per heavy atom. The first kappa shape index (κ1) is 11.0. The van der Waals surface area contributed by atoms with Crippen LogP contribution in [0.2, 0.25) is 5.02 Å². The summed E-state index contributed by atoms with van der Waals surface area (Å²) < 4.78 is 5.13. The lowest BCUT2D eigenvalue weighted by Gasteiger charge is -2.05. The largest absolute Gasteiger partial charge is 0.497 e. The Labute approximate surface area is 101 Å². The highest BCUT2D eigenvalue weighted by molar-refractivity contribution is 6.31. The van der Waals surface area contributed by atoms with Crippen molar-refractivity contribution in [1.29, 1.82) is 0 Å². The molecule has 0 spiro atoms. The van der Waals surface area contributed by atoms with Crippen LogP contribution in [0, 0.1) is 6.92 Å². The van der Waals surface area contributed by atoms with Gasteiger partial charge in [0.05, 0.1) is 7.11 Å². The van der Waals surface area contributed by atoms with E-state index in [0.717, 1.165) is 16.3 Å². The minimum absolute atomic E-state index is 0.803. The zero-order chi connectivity index (χ0) is 11.5. The first-order chi connectivity index (χ1) is 7.70. The molecule has 0 atom stereocenters. The number of halogens is 1. The molecular weight excluding hydrogens is 220 g/mol. The number of benzene rings is 2. The van der Waals surface area contributed by atoms with E-state index in [1.807, 2.05) is 43.3 Å². The SMILES string of the molecule is COc1ccc(-c2ccc(Cl)c(C)c2)cc1. The lowest BCUT2D eigenvalue weighted by Crippen LogP contribution is -1.83. The molecule has 0 amide bonds. The van der Waals surface area contributed by atoms with Crippen LogP contribution < -0.4 is 4.74 Å². The fourth-order valence-corrected chi connectivity index (χ4v) is 1.73. The van der Waals surface area contributed by atoms with Crippen molar-refractivity contribution < 1.29 is 4.74 Å². The summed E-state index contributed by atoms with van der Waals surface area (Å²) in [7, 11) is 1.67. The first-order valence-electron chi connectivity index (χ1n) is 5.11. The van der Waals surface area contributed by atoms with Gasteiger partial charge in [0, 0.05) is 5.02 Å². The molecule has 0 saturated heterocycles. The van der Waals surface area contributed by atoms with E-state index in [4.69, 9.17) is 16.3 Å². The average molecular weight is 233 g/mol. The van der Waals surface area contributed by atoms with E-state index in [2.05, 4.69) is 6.07 Å². The molecule has 0 aliphatic carbocycles. The maximum Gasteiger partial charge on any atom is 0.118 e. The second-order valence-corrected chi connectivity index (χ2v) is 4.10. The van der Waals surface area contributed by atoms with Gasteiger partial charge < -0.3 is 4.74 Å². The van der Waals surface area contributed by atoms with E-state index in [-0.39, 0.29) is 0 Å². The van der Waals surface area contributed by atoms with Crippen LogP contribution in [0.1, 0.15) is 5.56 Å². The van der Waals surface area contributed by atoms with Crippen molar-refractivity contribution in [2.45, 2.75) is 6.92 Å². The smallest absolute Gasteiger partial charge is 0.118 e. The Hall–Kier alpha value is -1.47. The standard InChI is InChI=1S/C14H13ClO/c1-10-9-12(5-8-14(10)15)11-3-6-13(16-2)7-4-11/h3-9H,1-2H3. The van der Waals surface area contributed by atoms with Crippen LogP contribution in [0.25, 0.3) is 11.1 Å². The summed E-state index contributed by atoms with van der Waals surface area (Å²) in [5.41, 5.74) is 3.43. The van der Waals surface area contributed by atoms with Crippen molar-refractivity contribution in [2.24, 2.45) is 0 Å². The van der Waals surface area contributed by atoms with Crippen molar-refractivity contribution in [1.82, 2.24) is 0 Å². The number of aryl methyl sites for hydroxylation is 1. The van der Waals surface area contributed by atoms with Gasteiger partial charge in [0.1, 0.15) is 5.75 Å². The van der Waals surface area contributed by atoms with E-state index >= 15 is 0 Å². The van der Waals surface area contributed by atoms with Gasteiger partial charge in [-0.2, -0.15) is 0 Å². The van der Waals surface area contributed by atoms with E-state index in [1.54, 1.807) is 7.11 Å². The number of methoxy groups -OCH3 is 1. The number of rotatable bonds is 2. The predicted molar refractivity (Wildman–Crippen MR) is 68.2 cm³/mol. The van der Waals surface area contributed by atoms with Gasteiger partial charge in [-0.1, -0.05) is 29.8 Å². The minimum Gasteiger partial charge on any atom is -0.497 e. The molecule has 0 heterocycles. The fourth-order valence-electron chi connectivity index (χ4n) is 1.61. The van der Waals surface area contributed by atoms with Crippen LogP contribution in [0.5, 0.6) is 5.75 Å². The molecule has 1 nitrogen and oxygen atoms in total. The van der Waals surface area contributed by atoms with E-state index in [1.165, 1.54) is 11.1 Å². The van der Waals surface area contributed by atoms with Crippen molar-refractivity contribution >= 4 is 11.6 Å². The predicted octanol–water partition coefficient (Wildman–Crippen LogP) is 4.32. The number of hydrogen-bond acceptors (Lipinski definition) is 1. The molecule has 2 aromatic rings. The molecule has 2 aromatic carbocycles. The third-order valence-electron chi connectivity index (χ3n) is 2.58. The van der Waals surface area contributed by atoms with Crippen LogP contribution in [0.3, 0.4) is 0 Å². The summed E-state index contributed by atoms with van der Waals surface area (Å²) in [5.74, 6) is 0.870. The molecule has 0 saturated carbocycles. The van der Waals surface area contributed by atoms with Crippen molar-refractivity contribution in [3.05, 3.63) is 53.1 Å². The number of ether oxygens (including phenoxy) is 1. The summed E-state index contributed by atoms with van der Waals surface area (Å²) in [6.45, 7) is 2.01. The van der Waals surface area contributed by atoms with Crippen LogP contribution >= 0.6 is 11.6 Å². The maximum atomic E-state index is 6.00. The second-order valence-electron chi connectivity index (χ2n) is 3.69. The molecule has 0 aliphatic rings. The van der Waals surface area contributed by atoms with Gasteiger partial charge >= 0.3 is 0 Å². The zero-order valence-corrected chi connectivity index (χ0v) is 10.1. The number of hydrogen-bond donors (Lipinski definition) is 0. The van der Waals surface area contributed by atoms with Gasteiger partial charge in [0.2, 0.25) is 0 Å². The fraction of sp³-hybridized carbons (Fsp3) is 0.143. The van der Waals surface area contributed by atoms with E-state index < -0.39 is 0 Å². The highest BCUT2D eigenvalue weighted by atomic mass is 35.5. The van der Waals surface area contributed by atoms with Crippen molar-refractivity contribution in [2.75, 3.05) is 7.11 Å². The highest BCUT2D eigenvalue weighted by Crippen LogP contribution is 2.26. The zero-order valence-electron chi connectivity index (χ0n) is 9.33. The third-order valence-corrected chi connectivity index (χ3v) is 3.01. The van der Waals surface area contributed by atoms with Crippen LogP contribution in [-0.2, 0) is 0 Å². The van der Waals surface area contributed by atoms with Gasteiger partial charge in [0.25, 0.3) is 0 Å². The first-order valence-corrected chi connectivity index (χ1v) is 5.49. The van der Waals surface area contributed by atoms with Gasteiger partial charge in [-0.25, -0.2) is 0 Å². The van der Waals surface area contributed by atoms with Crippen molar-refractivity contribution in [3.63, 3.8) is 0 Å². The van der Waals surface area contributed by atoms with E-state index in [9.17, 15) is 0 Å². The van der Waals surface area contributed by atoms with Gasteiger partial charge in [-0.3, -0.25) is 0 Å². The summed E-state index contributed by atoms with van der Waals surface area (Å²) in [6.07, 6.45) is 0. The molecule has 16 heavy (non-hydrogen) atoms. The molecule has 2 heteroatoms. The lowest BCUT2D eigenvalue weighted by molar-refractivity contribution is 0.415. The molecule has 82 valence electrons. The highest BCUT2D eigenvalue weighted by Gasteiger charge is 2.00. The van der Waals surface area contributed by atoms with Crippen molar-refractivity contribution in [3.8, 4) is 16.9 Å². The molecule has 2 rings (SSSR count). The Morgan fingerprint density at radius 2 is 1.56 bits per heavy atom. The summed E-state index contributed by atoms with van der Waals surface area (Å²) in [6, 6.07) is 14.0. The van der Waals surface area contributed by atoms with Crippen LogP contribution in [0.15, 0.2) is 42.5 Å². The summed E-state index contributed by atoms with van der Waals surface area (Å²) >= 11 is 6.00. The molecule has 0 aromatic heterocycles. The topological polar surface area (TPSA) is 9.23 Å². The Balaban J connectivity index is 2.38. The molecule has 0 unspecified atom stereocenters. The Morgan fingerprint density at radius 3 is 2.12 bits per heavy atom. The average Bonchev–Trinajstić information content (AvgIpc) is 2.33. The Kier molecular flexibility index (Phi) is 3.16.